The van der Waals surface area contributed by atoms with Crippen LogP contribution in [-0.2, 0) is 4.74 Å². The maximum atomic E-state index is 5.55. The minimum atomic E-state index is -0.988. The van der Waals surface area contributed by atoms with Gasteiger partial charge in [-0.2, -0.15) is 0 Å². The van der Waals surface area contributed by atoms with Crippen molar-refractivity contribution < 1.29 is 4.74 Å². The summed E-state index contributed by atoms with van der Waals surface area (Å²) >= 11 is 11.1. The largest absolute Gasteiger partial charge is 0.344 e. The fourth-order valence-corrected chi connectivity index (χ4v) is 0.901. The summed E-state index contributed by atoms with van der Waals surface area (Å²) in [5.74, 6) is 0. The molecule has 0 spiro atoms. The zero-order chi connectivity index (χ0) is 6.04. The Hall–Kier alpha value is 0.500. The monoisotopic (exact) mass is 155 g/mol. The molecule has 1 aliphatic heterocycles. The molecular weight excluding hydrogens is 149 g/mol. The predicted octanol–water partition coefficient (Wildman–Crippen LogP) is 0.738. The molecule has 1 N–H and O–H groups in total. The van der Waals surface area contributed by atoms with E-state index in [1.165, 1.54) is 0 Å². The van der Waals surface area contributed by atoms with E-state index in [0.29, 0.717) is 13.2 Å². The summed E-state index contributed by atoms with van der Waals surface area (Å²) in [5, 5.41) is 2.99. The van der Waals surface area contributed by atoms with Crippen LogP contribution in [0, 0.1) is 0 Å². The Morgan fingerprint density at radius 1 is 1.50 bits per heavy atom. The van der Waals surface area contributed by atoms with Crippen LogP contribution in [-0.4, -0.2) is 24.2 Å². The Balaban J connectivity index is 2.33. The highest BCUT2D eigenvalue weighted by Crippen LogP contribution is 2.22. The molecule has 0 saturated carbocycles. The van der Waals surface area contributed by atoms with E-state index < -0.39 is 4.52 Å². The van der Waals surface area contributed by atoms with Gasteiger partial charge in [-0.05, 0) is 0 Å². The fraction of sp³-hybridized carbons (Fsp3) is 1.00. The highest BCUT2D eigenvalue weighted by molar-refractivity contribution is 6.47. The highest BCUT2D eigenvalue weighted by atomic mass is 35.5. The van der Waals surface area contributed by atoms with Gasteiger partial charge in [0.2, 0.25) is 4.52 Å². The van der Waals surface area contributed by atoms with Gasteiger partial charge in [0.05, 0.1) is 13.2 Å². The van der Waals surface area contributed by atoms with E-state index in [2.05, 4.69) is 5.32 Å². The van der Waals surface area contributed by atoms with Gasteiger partial charge >= 0.3 is 0 Å². The van der Waals surface area contributed by atoms with Gasteiger partial charge in [0.15, 0.2) is 0 Å². The third-order valence-corrected chi connectivity index (χ3v) is 1.41. The molecule has 8 heavy (non-hydrogen) atoms. The molecule has 0 atom stereocenters. The van der Waals surface area contributed by atoms with Gasteiger partial charge in [-0.1, -0.05) is 23.2 Å². The number of morpholine rings is 1. The minimum absolute atomic E-state index is 0.510. The lowest BCUT2D eigenvalue weighted by molar-refractivity contribution is 0.0520. The van der Waals surface area contributed by atoms with Gasteiger partial charge in [-0.25, -0.2) is 0 Å². The Morgan fingerprint density at radius 2 is 2.25 bits per heavy atom. The second-order valence-electron chi connectivity index (χ2n) is 1.66. The second-order valence-corrected chi connectivity index (χ2v) is 3.08. The summed E-state index contributed by atoms with van der Waals surface area (Å²) in [6.45, 7) is 1.93. The number of hydrogen-bond donors (Lipinski definition) is 1. The maximum Gasteiger partial charge on any atom is 0.230 e. The third-order valence-electron chi connectivity index (χ3n) is 0.923. The van der Waals surface area contributed by atoms with Crippen molar-refractivity contribution in [3.05, 3.63) is 0 Å². The first-order chi connectivity index (χ1) is 3.71. The predicted molar refractivity (Wildman–Crippen MR) is 33.3 cm³/mol. The molecule has 1 rings (SSSR count). The molecule has 0 aliphatic carbocycles. The molecule has 1 saturated heterocycles. The van der Waals surface area contributed by atoms with Crippen LogP contribution in [0.15, 0.2) is 0 Å². The van der Waals surface area contributed by atoms with E-state index in [1.807, 2.05) is 0 Å². The van der Waals surface area contributed by atoms with Crippen LogP contribution in [0.4, 0.5) is 0 Å². The smallest absolute Gasteiger partial charge is 0.230 e. The number of rotatable bonds is 0. The van der Waals surface area contributed by atoms with Crippen molar-refractivity contribution >= 4 is 23.2 Å². The van der Waals surface area contributed by atoms with E-state index in [-0.39, 0.29) is 0 Å². The maximum absolute atomic E-state index is 5.55. The first-order valence-corrected chi connectivity index (χ1v) is 3.19. The quantitative estimate of drug-likeness (QED) is 0.522. The molecular formula is C4H7Cl2NO. The summed E-state index contributed by atoms with van der Waals surface area (Å²) in [7, 11) is 0. The number of alkyl halides is 2. The van der Waals surface area contributed by atoms with Crippen LogP contribution < -0.4 is 5.32 Å². The molecule has 0 unspecified atom stereocenters. The molecule has 1 aliphatic rings. The molecule has 1 heterocycles. The van der Waals surface area contributed by atoms with Crippen LogP contribution in [0.25, 0.3) is 0 Å². The average molecular weight is 156 g/mol. The summed E-state index contributed by atoms with van der Waals surface area (Å²) in [6.07, 6.45) is 0. The molecule has 0 aromatic heterocycles. The van der Waals surface area contributed by atoms with Gasteiger partial charge in [0.1, 0.15) is 0 Å². The summed E-state index contributed by atoms with van der Waals surface area (Å²) in [6, 6.07) is 0. The van der Waals surface area contributed by atoms with Crippen LogP contribution in [0.2, 0.25) is 0 Å². The van der Waals surface area contributed by atoms with Gasteiger partial charge in [0, 0.05) is 6.54 Å². The van der Waals surface area contributed by atoms with Crippen LogP contribution >= 0.6 is 23.2 Å². The molecule has 0 bridgehead atoms. The number of nitrogens with one attached hydrogen (secondary N) is 1. The van der Waals surface area contributed by atoms with E-state index >= 15 is 0 Å². The lowest BCUT2D eigenvalue weighted by Gasteiger charge is -2.25. The molecule has 0 aromatic rings. The topological polar surface area (TPSA) is 21.3 Å². The highest BCUT2D eigenvalue weighted by Gasteiger charge is 2.26. The molecule has 4 heteroatoms. The van der Waals surface area contributed by atoms with E-state index in [0.717, 1.165) is 6.54 Å². The van der Waals surface area contributed by atoms with Crippen molar-refractivity contribution in [3.63, 3.8) is 0 Å². The first-order valence-electron chi connectivity index (χ1n) is 2.43. The van der Waals surface area contributed by atoms with Crippen molar-refractivity contribution in [1.82, 2.24) is 5.32 Å². The number of hydrogen-bond acceptors (Lipinski definition) is 2. The van der Waals surface area contributed by atoms with Gasteiger partial charge in [-0.15, -0.1) is 0 Å². The van der Waals surface area contributed by atoms with Crippen LogP contribution in [0.5, 0.6) is 0 Å². The van der Waals surface area contributed by atoms with E-state index in [9.17, 15) is 0 Å². The average Bonchev–Trinajstić information content (AvgIpc) is 1.65. The van der Waals surface area contributed by atoms with Crippen molar-refractivity contribution in [1.29, 1.82) is 0 Å². The summed E-state index contributed by atoms with van der Waals surface area (Å²) in [4.78, 5) is 0. The number of halogens is 2. The van der Waals surface area contributed by atoms with Crippen molar-refractivity contribution in [2.45, 2.75) is 4.52 Å². The molecule has 2 nitrogen and oxygen atoms in total. The third kappa shape index (κ3) is 1.78. The Kier molecular flexibility index (Phi) is 1.98. The Labute approximate surface area is 58.1 Å². The second kappa shape index (κ2) is 2.40. The summed E-state index contributed by atoms with van der Waals surface area (Å²) in [5.41, 5.74) is 0. The van der Waals surface area contributed by atoms with Crippen molar-refractivity contribution in [3.8, 4) is 0 Å². The normalized spacial score (nSPS) is 27.8. The molecule has 0 aromatic carbocycles. The van der Waals surface area contributed by atoms with Gasteiger partial charge < -0.3 is 10.1 Å². The first kappa shape index (κ1) is 6.62. The van der Waals surface area contributed by atoms with Crippen molar-refractivity contribution in [2.24, 2.45) is 0 Å². The van der Waals surface area contributed by atoms with E-state index in [1.54, 1.807) is 0 Å². The van der Waals surface area contributed by atoms with E-state index in [4.69, 9.17) is 27.9 Å². The zero-order valence-corrected chi connectivity index (χ0v) is 5.80. The SMILES string of the molecule is ClC1(Cl)CNCCO1. The number of ether oxygens (including phenoxy) is 1. The Morgan fingerprint density at radius 3 is 2.50 bits per heavy atom. The minimum Gasteiger partial charge on any atom is -0.344 e. The lowest BCUT2D eigenvalue weighted by Crippen LogP contribution is -2.41. The zero-order valence-electron chi connectivity index (χ0n) is 4.29. The van der Waals surface area contributed by atoms with Crippen LogP contribution in [0.1, 0.15) is 0 Å². The van der Waals surface area contributed by atoms with Crippen molar-refractivity contribution in [2.75, 3.05) is 19.7 Å². The Bertz CT molecular complexity index is 78.1. The molecule has 48 valence electrons. The molecule has 0 radical (unpaired) electrons. The fourth-order valence-electron chi connectivity index (χ4n) is 0.557. The standard InChI is InChI=1S/C4H7Cl2NO/c5-4(6)3-7-1-2-8-4/h7H,1-3H2. The summed E-state index contributed by atoms with van der Waals surface area (Å²) < 4.78 is 3.95. The molecule has 1 fully saturated rings. The van der Waals surface area contributed by atoms with Gasteiger partial charge in [-0.3, -0.25) is 0 Å². The van der Waals surface area contributed by atoms with Crippen LogP contribution in [0.3, 0.4) is 0 Å². The molecule has 0 amide bonds. The van der Waals surface area contributed by atoms with Gasteiger partial charge in [0.25, 0.3) is 0 Å². The lowest BCUT2D eigenvalue weighted by atomic mass is 10.5.